The van der Waals surface area contributed by atoms with Crippen molar-refractivity contribution in [2.24, 2.45) is 9.98 Å². The lowest BCUT2D eigenvalue weighted by atomic mass is 10.1. The van der Waals surface area contributed by atoms with Gasteiger partial charge in [0.2, 0.25) is 5.95 Å². The number of rotatable bonds is 5. The van der Waals surface area contributed by atoms with E-state index in [-0.39, 0.29) is 12.4 Å². The molecule has 176 valence electrons. The van der Waals surface area contributed by atoms with Crippen molar-refractivity contribution in [2.45, 2.75) is 25.9 Å². The topological polar surface area (TPSA) is 90.7 Å². The number of benzene rings is 2. The molecule has 0 saturated carbocycles. The molecule has 8 nitrogen and oxygen atoms in total. The zero-order chi connectivity index (χ0) is 22.9. The van der Waals surface area contributed by atoms with Crippen molar-refractivity contribution in [1.82, 2.24) is 25.6 Å². The van der Waals surface area contributed by atoms with E-state index in [4.69, 9.17) is 4.98 Å². The van der Waals surface area contributed by atoms with E-state index in [9.17, 15) is 0 Å². The summed E-state index contributed by atoms with van der Waals surface area (Å²) in [5.74, 6) is 3.79. The van der Waals surface area contributed by atoms with Gasteiger partial charge in [-0.15, -0.1) is 12.4 Å². The van der Waals surface area contributed by atoms with Crippen molar-refractivity contribution in [2.75, 3.05) is 32.1 Å². The van der Waals surface area contributed by atoms with Crippen molar-refractivity contribution < 1.29 is 0 Å². The Hall–Kier alpha value is -3.52. The number of amidine groups is 2. The van der Waals surface area contributed by atoms with Gasteiger partial charge in [-0.25, -0.2) is 4.98 Å². The molecule has 2 aliphatic rings. The summed E-state index contributed by atoms with van der Waals surface area (Å²) in [7, 11) is 3.87. The van der Waals surface area contributed by atoms with E-state index in [2.05, 4.69) is 68.7 Å². The third kappa shape index (κ3) is 4.87. The fraction of sp³-hybridized carbons (Fsp3) is 0.320. The Morgan fingerprint density at radius 3 is 1.35 bits per heavy atom. The first kappa shape index (κ1) is 23.6. The van der Waals surface area contributed by atoms with Crippen LogP contribution in [0.4, 0.5) is 5.95 Å². The van der Waals surface area contributed by atoms with Gasteiger partial charge in [-0.2, -0.15) is 9.97 Å². The maximum Gasteiger partial charge on any atom is 0.228 e. The van der Waals surface area contributed by atoms with Crippen molar-refractivity contribution in [3.05, 3.63) is 59.7 Å². The summed E-state index contributed by atoms with van der Waals surface area (Å²) in [5.41, 5.74) is 4.01. The molecule has 34 heavy (non-hydrogen) atoms. The van der Waals surface area contributed by atoms with Gasteiger partial charge in [-0.3, -0.25) is 9.98 Å². The van der Waals surface area contributed by atoms with Gasteiger partial charge in [0, 0.05) is 48.4 Å². The first-order valence-corrected chi connectivity index (χ1v) is 11.2. The number of nitrogens with zero attached hydrogens (tertiary/aromatic N) is 6. The second kappa shape index (κ2) is 9.77. The van der Waals surface area contributed by atoms with E-state index in [1.807, 2.05) is 43.3 Å². The fourth-order valence-electron chi connectivity index (χ4n) is 3.83. The Morgan fingerprint density at radius 1 is 0.647 bits per heavy atom. The second-order valence-corrected chi connectivity index (χ2v) is 8.80. The van der Waals surface area contributed by atoms with Crippen LogP contribution in [0.5, 0.6) is 0 Å². The van der Waals surface area contributed by atoms with Gasteiger partial charge >= 0.3 is 0 Å². The van der Waals surface area contributed by atoms with Gasteiger partial charge in [0.15, 0.2) is 11.6 Å². The summed E-state index contributed by atoms with van der Waals surface area (Å²) in [6, 6.07) is 17.1. The third-order valence-electron chi connectivity index (χ3n) is 5.67. The molecule has 1 aromatic heterocycles. The van der Waals surface area contributed by atoms with E-state index >= 15 is 0 Å². The molecule has 0 bridgehead atoms. The molecule has 2 aliphatic heterocycles. The largest absolute Gasteiger partial charge is 0.366 e. The smallest absolute Gasteiger partial charge is 0.228 e. The minimum absolute atomic E-state index is 0. The van der Waals surface area contributed by atoms with Gasteiger partial charge < -0.3 is 15.5 Å². The van der Waals surface area contributed by atoms with E-state index in [0.29, 0.717) is 29.7 Å². The molecule has 9 heteroatoms. The minimum Gasteiger partial charge on any atom is -0.366 e. The normalized spacial score (nSPS) is 18.9. The Bertz CT molecular complexity index is 1130. The number of anilines is 1. The highest BCUT2D eigenvalue weighted by molar-refractivity contribution is 6.01. The van der Waals surface area contributed by atoms with Crippen molar-refractivity contribution in [3.8, 4) is 22.8 Å². The first-order chi connectivity index (χ1) is 16.0. The molecule has 0 amide bonds. The van der Waals surface area contributed by atoms with E-state index in [0.717, 1.165) is 47.0 Å². The summed E-state index contributed by atoms with van der Waals surface area (Å²) in [5, 5.41) is 6.80. The van der Waals surface area contributed by atoms with Gasteiger partial charge in [-0.1, -0.05) is 48.5 Å². The molecule has 3 aromatic rings. The Labute approximate surface area is 206 Å². The average Bonchev–Trinajstić information content (AvgIpc) is 3.47. The Kier molecular flexibility index (Phi) is 6.79. The monoisotopic (exact) mass is 476 g/mol. The third-order valence-corrected chi connectivity index (χ3v) is 5.67. The van der Waals surface area contributed by atoms with Crippen LogP contribution in [0.3, 0.4) is 0 Å². The molecule has 0 fully saturated rings. The zero-order valence-corrected chi connectivity index (χ0v) is 20.6. The van der Waals surface area contributed by atoms with Crippen LogP contribution in [-0.2, 0) is 0 Å². The summed E-state index contributed by atoms with van der Waals surface area (Å²) in [6.45, 7) is 5.87. The molecule has 0 saturated heterocycles. The van der Waals surface area contributed by atoms with E-state index in [1.54, 1.807) is 0 Å². The predicted molar refractivity (Wildman–Crippen MR) is 140 cm³/mol. The van der Waals surface area contributed by atoms with Gasteiger partial charge in [-0.05, 0) is 13.8 Å². The molecule has 3 heterocycles. The highest BCUT2D eigenvalue weighted by Crippen LogP contribution is 2.24. The van der Waals surface area contributed by atoms with Crippen LogP contribution in [0, 0.1) is 0 Å². The number of aliphatic imine (C=N–C) groups is 2. The molecule has 2 unspecified atom stereocenters. The van der Waals surface area contributed by atoms with Crippen LogP contribution in [-0.4, -0.2) is 65.9 Å². The quantitative estimate of drug-likeness (QED) is 0.587. The molecule has 0 radical (unpaired) electrons. The van der Waals surface area contributed by atoms with Crippen LogP contribution >= 0.6 is 12.4 Å². The lowest BCUT2D eigenvalue weighted by molar-refractivity contribution is 0.726. The van der Waals surface area contributed by atoms with Crippen LogP contribution < -0.4 is 15.5 Å². The number of aromatic nitrogens is 3. The first-order valence-electron chi connectivity index (χ1n) is 11.2. The van der Waals surface area contributed by atoms with Crippen LogP contribution in [0.15, 0.2) is 58.5 Å². The highest BCUT2D eigenvalue weighted by Gasteiger charge is 2.17. The van der Waals surface area contributed by atoms with Gasteiger partial charge in [0.1, 0.15) is 11.7 Å². The van der Waals surface area contributed by atoms with Crippen LogP contribution in [0.25, 0.3) is 22.8 Å². The molecule has 0 spiro atoms. The van der Waals surface area contributed by atoms with Gasteiger partial charge in [0.05, 0.1) is 13.1 Å². The Morgan fingerprint density at radius 2 is 1.03 bits per heavy atom. The van der Waals surface area contributed by atoms with E-state index < -0.39 is 0 Å². The number of hydrogen-bond acceptors (Lipinski definition) is 8. The molecule has 2 N–H and O–H groups in total. The molecule has 5 rings (SSSR count). The minimum atomic E-state index is 0. The molecule has 0 aliphatic carbocycles. The number of nitrogens with one attached hydrogen (secondary N) is 2. The second-order valence-electron chi connectivity index (χ2n) is 8.80. The van der Waals surface area contributed by atoms with Crippen molar-refractivity contribution in [1.29, 1.82) is 0 Å². The fourth-order valence-corrected chi connectivity index (χ4v) is 3.83. The number of hydrogen-bond donors (Lipinski definition) is 2. The SMILES string of the molecule is CC1CN=C(c2ccc(-c3nc(-c4ccc(C5=NCC(C)N5)cc4)nc(N(C)C)n3)cc2)N1.Cl. The number of halogens is 1. The average molecular weight is 477 g/mol. The standard InChI is InChI=1S/C25H28N8.ClH/c1-15-13-26-21(28-15)17-5-9-19(10-6-17)23-30-24(32-25(31-23)33(3)4)20-11-7-18(8-12-20)22-27-14-16(2)29-22;/h5-12,15-16H,13-14H2,1-4H3,(H,26,28)(H,27,29);1H. The molecular formula is C25H29ClN8. The Balaban J connectivity index is 0.00000274. The summed E-state index contributed by atoms with van der Waals surface area (Å²) in [6.07, 6.45) is 0. The molecule has 2 atom stereocenters. The van der Waals surface area contributed by atoms with Crippen LogP contribution in [0.1, 0.15) is 25.0 Å². The summed E-state index contributed by atoms with van der Waals surface area (Å²) >= 11 is 0. The van der Waals surface area contributed by atoms with Gasteiger partial charge in [0.25, 0.3) is 0 Å². The van der Waals surface area contributed by atoms with E-state index in [1.165, 1.54) is 0 Å². The maximum absolute atomic E-state index is 4.79. The maximum atomic E-state index is 4.79. The highest BCUT2D eigenvalue weighted by atomic mass is 35.5. The van der Waals surface area contributed by atoms with Crippen molar-refractivity contribution >= 4 is 30.0 Å². The summed E-state index contributed by atoms with van der Waals surface area (Å²) in [4.78, 5) is 25.2. The van der Waals surface area contributed by atoms with Crippen LogP contribution in [0.2, 0.25) is 0 Å². The molecular weight excluding hydrogens is 448 g/mol. The zero-order valence-electron chi connectivity index (χ0n) is 19.8. The lowest BCUT2D eigenvalue weighted by Crippen LogP contribution is -2.27. The van der Waals surface area contributed by atoms with Crippen molar-refractivity contribution in [3.63, 3.8) is 0 Å². The molecule has 2 aromatic carbocycles. The predicted octanol–water partition coefficient (Wildman–Crippen LogP) is 3.17. The summed E-state index contributed by atoms with van der Waals surface area (Å²) < 4.78 is 0. The lowest BCUT2D eigenvalue weighted by Gasteiger charge is -2.14.